The molecule has 25 heavy (non-hydrogen) atoms. The first kappa shape index (κ1) is 17.8. The van der Waals surface area contributed by atoms with Gasteiger partial charge >= 0.3 is 0 Å². The van der Waals surface area contributed by atoms with E-state index in [0.717, 1.165) is 19.3 Å². The van der Waals surface area contributed by atoms with Crippen LogP contribution in [0.25, 0.3) is 0 Å². The van der Waals surface area contributed by atoms with Gasteiger partial charge in [0.2, 0.25) is 10.0 Å². The van der Waals surface area contributed by atoms with Gasteiger partial charge in [0.05, 0.1) is 10.6 Å². The molecule has 3 rings (SSSR count). The molecule has 7 heteroatoms. The standard InChI is InChI=1S/C18H21FN2O3S/c19-16-9-2-3-10-17(16)20-18(22)14-7-6-8-15(13-14)25(23,24)21-11-4-1-5-12-21/h2-3,6-10,13,18,20,22H,1,4-5,11-12H2. The number of nitrogens with one attached hydrogen (secondary N) is 1. The van der Waals surface area contributed by atoms with Crippen LogP contribution in [0.15, 0.2) is 53.4 Å². The van der Waals surface area contributed by atoms with Gasteiger partial charge in [-0.3, -0.25) is 0 Å². The molecule has 0 bridgehead atoms. The van der Waals surface area contributed by atoms with Crippen LogP contribution in [-0.4, -0.2) is 30.9 Å². The predicted octanol–water partition coefficient (Wildman–Crippen LogP) is 3.10. The number of halogens is 1. The molecular weight excluding hydrogens is 343 g/mol. The fraction of sp³-hybridized carbons (Fsp3) is 0.333. The van der Waals surface area contributed by atoms with Gasteiger partial charge in [-0.05, 0) is 37.1 Å². The number of hydrogen-bond donors (Lipinski definition) is 2. The quantitative estimate of drug-likeness (QED) is 0.800. The second-order valence-electron chi connectivity index (χ2n) is 6.06. The van der Waals surface area contributed by atoms with Gasteiger partial charge in [0.25, 0.3) is 0 Å². The topological polar surface area (TPSA) is 69.6 Å². The lowest BCUT2D eigenvalue weighted by Gasteiger charge is -2.26. The first-order valence-electron chi connectivity index (χ1n) is 8.28. The third-order valence-electron chi connectivity index (χ3n) is 4.29. The average molecular weight is 364 g/mol. The highest BCUT2D eigenvalue weighted by atomic mass is 32.2. The Morgan fingerprint density at radius 3 is 2.48 bits per heavy atom. The Labute approximate surface area is 147 Å². The van der Waals surface area contributed by atoms with Gasteiger partial charge in [-0.25, -0.2) is 12.8 Å². The van der Waals surface area contributed by atoms with E-state index in [4.69, 9.17) is 0 Å². The number of para-hydroxylation sites is 1. The van der Waals surface area contributed by atoms with E-state index >= 15 is 0 Å². The number of piperidine rings is 1. The highest BCUT2D eigenvalue weighted by Gasteiger charge is 2.26. The summed E-state index contributed by atoms with van der Waals surface area (Å²) in [5.74, 6) is -0.487. The Morgan fingerprint density at radius 1 is 1.04 bits per heavy atom. The summed E-state index contributed by atoms with van der Waals surface area (Å²) in [4.78, 5) is 0.140. The molecule has 5 nitrogen and oxygen atoms in total. The Bertz CT molecular complexity index is 836. The number of benzene rings is 2. The summed E-state index contributed by atoms with van der Waals surface area (Å²) < 4.78 is 40.7. The maximum absolute atomic E-state index is 13.7. The summed E-state index contributed by atoms with van der Waals surface area (Å²) >= 11 is 0. The number of aliphatic hydroxyl groups excluding tert-OH is 1. The van der Waals surface area contributed by atoms with Crippen molar-refractivity contribution in [1.82, 2.24) is 4.31 Å². The maximum atomic E-state index is 13.7. The van der Waals surface area contributed by atoms with Gasteiger partial charge < -0.3 is 10.4 Å². The van der Waals surface area contributed by atoms with Crippen LogP contribution in [0.1, 0.15) is 31.1 Å². The van der Waals surface area contributed by atoms with Gasteiger partial charge in [0, 0.05) is 18.7 Å². The largest absolute Gasteiger partial charge is 0.369 e. The molecule has 1 aliphatic rings. The highest BCUT2D eigenvalue weighted by molar-refractivity contribution is 7.89. The fourth-order valence-corrected chi connectivity index (χ4v) is 4.48. The minimum Gasteiger partial charge on any atom is -0.369 e. The third-order valence-corrected chi connectivity index (χ3v) is 6.19. The van der Waals surface area contributed by atoms with E-state index in [-0.39, 0.29) is 10.6 Å². The number of rotatable bonds is 5. The summed E-state index contributed by atoms with van der Waals surface area (Å²) in [6.07, 6.45) is 1.54. The van der Waals surface area contributed by atoms with Crippen LogP contribution < -0.4 is 5.32 Å². The zero-order valence-electron chi connectivity index (χ0n) is 13.7. The van der Waals surface area contributed by atoms with Crippen molar-refractivity contribution in [2.45, 2.75) is 30.4 Å². The lowest BCUT2D eigenvalue weighted by Crippen LogP contribution is -2.35. The molecule has 1 atom stereocenters. The van der Waals surface area contributed by atoms with Crippen LogP contribution in [0.4, 0.5) is 10.1 Å². The first-order valence-corrected chi connectivity index (χ1v) is 9.72. The number of hydrogen-bond acceptors (Lipinski definition) is 4. The number of nitrogens with zero attached hydrogens (tertiary/aromatic N) is 1. The number of anilines is 1. The zero-order valence-corrected chi connectivity index (χ0v) is 14.5. The molecule has 0 amide bonds. The van der Waals surface area contributed by atoms with E-state index < -0.39 is 22.1 Å². The van der Waals surface area contributed by atoms with E-state index in [1.807, 2.05) is 0 Å². The van der Waals surface area contributed by atoms with Crippen molar-refractivity contribution in [3.8, 4) is 0 Å². The normalized spacial score (nSPS) is 17.2. The number of sulfonamides is 1. The molecule has 2 aromatic rings. The van der Waals surface area contributed by atoms with Crippen LogP contribution in [0.2, 0.25) is 0 Å². The summed E-state index contributed by atoms with van der Waals surface area (Å²) in [6.45, 7) is 1.03. The second kappa shape index (κ2) is 7.51. The van der Waals surface area contributed by atoms with Gasteiger partial charge in [0.15, 0.2) is 6.23 Å². The molecule has 0 radical (unpaired) electrons. The smallest absolute Gasteiger partial charge is 0.243 e. The van der Waals surface area contributed by atoms with E-state index in [1.54, 1.807) is 24.3 Å². The molecule has 1 unspecified atom stereocenters. The average Bonchev–Trinajstić information content (AvgIpc) is 2.64. The van der Waals surface area contributed by atoms with Gasteiger partial charge in [-0.15, -0.1) is 0 Å². The molecule has 2 N–H and O–H groups in total. The van der Waals surface area contributed by atoms with Crippen LogP contribution in [0.5, 0.6) is 0 Å². The molecule has 0 saturated carbocycles. The first-order chi connectivity index (χ1) is 12.0. The van der Waals surface area contributed by atoms with Crippen molar-refractivity contribution in [1.29, 1.82) is 0 Å². The predicted molar refractivity (Wildman–Crippen MR) is 94.0 cm³/mol. The van der Waals surface area contributed by atoms with E-state index in [0.29, 0.717) is 18.7 Å². The third kappa shape index (κ3) is 4.00. The molecule has 2 aromatic carbocycles. The Morgan fingerprint density at radius 2 is 1.76 bits per heavy atom. The van der Waals surface area contributed by atoms with Crippen molar-refractivity contribution < 1.29 is 17.9 Å². The molecular formula is C18H21FN2O3S. The molecule has 1 fully saturated rings. The van der Waals surface area contributed by atoms with Gasteiger partial charge in [-0.1, -0.05) is 30.7 Å². The number of aliphatic hydroxyl groups is 1. The van der Waals surface area contributed by atoms with E-state index in [2.05, 4.69) is 5.32 Å². The Kier molecular flexibility index (Phi) is 5.36. The van der Waals surface area contributed by atoms with Crippen LogP contribution in [0.3, 0.4) is 0 Å². The van der Waals surface area contributed by atoms with E-state index in [1.165, 1.54) is 28.6 Å². The van der Waals surface area contributed by atoms with Crippen molar-refractivity contribution in [2.24, 2.45) is 0 Å². The minimum atomic E-state index is -3.58. The van der Waals surface area contributed by atoms with Crippen molar-refractivity contribution in [3.05, 3.63) is 59.9 Å². The summed E-state index contributed by atoms with van der Waals surface area (Å²) in [6, 6.07) is 12.1. The van der Waals surface area contributed by atoms with Crippen molar-refractivity contribution in [2.75, 3.05) is 18.4 Å². The van der Waals surface area contributed by atoms with Gasteiger partial charge in [-0.2, -0.15) is 4.31 Å². The molecule has 1 aliphatic heterocycles. The lowest BCUT2D eigenvalue weighted by molar-refractivity contribution is 0.207. The van der Waals surface area contributed by atoms with Crippen molar-refractivity contribution >= 4 is 15.7 Å². The SMILES string of the molecule is O=S(=O)(c1cccc(C(O)Nc2ccccc2F)c1)N1CCCCC1. The summed E-state index contributed by atoms with van der Waals surface area (Å²) in [5.41, 5.74) is 0.514. The lowest BCUT2D eigenvalue weighted by atomic mass is 10.2. The molecule has 134 valence electrons. The van der Waals surface area contributed by atoms with Crippen molar-refractivity contribution in [3.63, 3.8) is 0 Å². The van der Waals surface area contributed by atoms with E-state index in [9.17, 15) is 17.9 Å². The molecule has 1 heterocycles. The second-order valence-corrected chi connectivity index (χ2v) is 8.00. The monoisotopic (exact) mass is 364 g/mol. The Hall–Kier alpha value is -1.96. The molecule has 1 saturated heterocycles. The summed E-state index contributed by atoms with van der Waals surface area (Å²) in [5, 5.41) is 13.0. The van der Waals surface area contributed by atoms with Crippen LogP contribution >= 0.6 is 0 Å². The molecule has 0 spiro atoms. The molecule has 0 aromatic heterocycles. The Balaban J connectivity index is 1.82. The zero-order chi connectivity index (χ0) is 17.9. The van der Waals surface area contributed by atoms with Crippen LogP contribution in [0, 0.1) is 5.82 Å². The minimum absolute atomic E-state index is 0.140. The van der Waals surface area contributed by atoms with Crippen LogP contribution in [-0.2, 0) is 10.0 Å². The fourth-order valence-electron chi connectivity index (χ4n) is 2.91. The highest BCUT2D eigenvalue weighted by Crippen LogP contribution is 2.25. The maximum Gasteiger partial charge on any atom is 0.243 e. The summed E-state index contributed by atoms with van der Waals surface area (Å²) in [7, 11) is -3.58. The molecule has 0 aliphatic carbocycles. The van der Waals surface area contributed by atoms with Gasteiger partial charge in [0.1, 0.15) is 5.82 Å².